The fourth-order valence-corrected chi connectivity index (χ4v) is 2.33. The molecule has 1 aliphatic rings. The number of aromatic nitrogens is 1. The highest BCUT2D eigenvalue weighted by atomic mass is 16.5. The summed E-state index contributed by atoms with van der Waals surface area (Å²) in [5, 5.41) is 9.23. The van der Waals surface area contributed by atoms with Gasteiger partial charge in [0.1, 0.15) is 0 Å². The van der Waals surface area contributed by atoms with Gasteiger partial charge in [0.2, 0.25) is 0 Å². The number of aromatic amines is 1. The Morgan fingerprint density at radius 3 is 2.88 bits per heavy atom. The number of aliphatic hydroxyl groups is 1. The highest BCUT2D eigenvalue weighted by Crippen LogP contribution is 2.32. The van der Waals surface area contributed by atoms with Crippen LogP contribution in [0.3, 0.4) is 0 Å². The molecule has 1 aromatic heterocycles. The molecule has 4 N–H and O–H groups in total. The predicted molar refractivity (Wildman–Crippen MR) is 62.3 cm³/mol. The third-order valence-corrected chi connectivity index (χ3v) is 3.15. The molecule has 1 unspecified atom stereocenters. The highest BCUT2D eigenvalue weighted by Gasteiger charge is 2.25. The summed E-state index contributed by atoms with van der Waals surface area (Å²) < 4.78 is 5.47. The summed E-state index contributed by atoms with van der Waals surface area (Å²) in [5.74, 6) is 0.387. The second-order valence-electron chi connectivity index (χ2n) is 4.66. The molecule has 2 heterocycles. The summed E-state index contributed by atoms with van der Waals surface area (Å²) in [6.07, 6.45) is 0.910. The molecule has 1 aliphatic heterocycles. The molecule has 1 aromatic rings. The summed E-state index contributed by atoms with van der Waals surface area (Å²) in [6.45, 7) is 5.61. The number of aliphatic hydroxyl groups excluding tert-OH is 1. The number of fused-ring (bicyclic) bond motifs is 1. The van der Waals surface area contributed by atoms with Crippen molar-refractivity contribution in [2.75, 3.05) is 13.2 Å². The van der Waals surface area contributed by atoms with Crippen LogP contribution in [-0.2, 0) is 17.8 Å². The van der Waals surface area contributed by atoms with E-state index in [1.807, 2.05) is 0 Å². The minimum Gasteiger partial charge on any atom is -0.394 e. The van der Waals surface area contributed by atoms with Crippen molar-refractivity contribution in [1.29, 1.82) is 0 Å². The van der Waals surface area contributed by atoms with Crippen LogP contribution in [0.5, 0.6) is 0 Å². The maximum atomic E-state index is 9.23. The SMILES string of the molecule is CC(C)c1[nH]c2c(c1C(N)CO)COCC2. The first-order chi connectivity index (χ1) is 7.65. The first-order valence-electron chi connectivity index (χ1n) is 5.82. The van der Waals surface area contributed by atoms with E-state index >= 15 is 0 Å². The Balaban J connectivity index is 2.48. The minimum absolute atomic E-state index is 0.0238. The van der Waals surface area contributed by atoms with Crippen molar-refractivity contribution in [3.63, 3.8) is 0 Å². The molecule has 0 bridgehead atoms. The highest BCUT2D eigenvalue weighted by molar-refractivity contribution is 5.41. The lowest BCUT2D eigenvalue weighted by Gasteiger charge is -2.17. The van der Waals surface area contributed by atoms with E-state index in [9.17, 15) is 5.11 Å². The molecule has 0 radical (unpaired) electrons. The van der Waals surface area contributed by atoms with Crippen LogP contribution in [0.2, 0.25) is 0 Å². The van der Waals surface area contributed by atoms with Gasteiger partial charge in [0.25, 0.3) is 0 Å². The summed E-state index contributed by atoms with van der Waals surface area (Å²) in [5.41, 5.74) is 10.6. The van der Waals surface area contributed by atoms with E-state index in [0.717, 1.165) is 29.8 Å². The molecule has 4 nitrogen and oxygen atoms in total. The van der Waals surface area contributed by atoms with Gasteiger partial charge in [0.15, 0.2) is 0 Å². The summed E-state index contributed by atoms with van der Waals surface area (Å²) in [6, 6.07) is -0.306. The number of hydrogen-bond acceptors (Lipinski definition) is 3. The van der Waals surface area contributed by atoms with Crippen molar-refractivity contribution in [2.45, 2.75) is 38.8 Å². The molecule has 16 heavy (non-hydrogen) atoms. The Hall–Kier alpha value is -0.840. The molecule has 0 aromatic carbocycles. The average molecular weight is 224 g/mol. The van der Waals surface area contributed by atoms with Gasteiger partial charge in [0, 0.05) is 23.4 Å². The van der Waals surface area contributed by atoms with E-state index in [1.165, 1.54) is 5.69 Å². The monoisotopic (exact) mass is 224 g/mol. The normalized spacial score (nSPS) is 17.6. The van der Waals surface area contributed by atoms with Crippen molar-refractivity contribution >= 4 is 0 Å². The van der Waals surface area contributed by atoms with Crippen LogP contribution in [0.15, 0.2) is 0 Å². The third kappa shape index (κ3) is 1.88. The van der Waals surface area contributed by atoms with Gasteiger partial charge in [0.05, 0.1) is 25.9 Å². The van der Waals surface area contributed by atoms with Crippen LogP contribution >= 0.6 is 0 Å². The van der Waals surface area contributed by atoms with Crippen molar-refractivity contribution < 1.29 is 9.84 Å². The van der Waals surface area contributed by atoms with Gasteiger partial charge in [-0.25, -0.2) is 0 Å². The van der Waals surface area contributed by atoms with Gasteiger partial charge in [-0.2, -0.15) is 0 Å². The molecule has 0 fully saturated rings. The number of rotatable bonds is 3. The molecular formula is C12H20N2O2. The largest absolute Gasteiger partial charge is 0.394 e. The summed E-state index contributed by atoms with van der Waals surface area (Å²) in [4.78, 5) is 3.45. The van der Waals surface area contributed by atoms with Crippen molar-refractivity contribution in [2.24, 2.45) is 5.73 Å². The number of nitrogens with two attached hydrogens (primary N) is 1. The lowest BCUT2D eigenvalue weighted by atomic mass is 9.96. The molecule has 0 amide bonds. The van der Waals surface area contributed by atoms with E-state index in [1.54, 1.807) is 0 Å². The summed E-state index contributed by atoms with van der Waals surface area (Å²) >= 11 is 0. The van der Waals surface area contributed by atoms with E-state index in [2.05, 4.69) is 18.8 Å². The first-order valence-corrected chi connectivity index (χ1v) is 5.82. The summed E-state index contributed by atoms with van der Waals surface area (Å²) in [7, 11) is 0. The van der Waals surface area contributed by atoms with Crippen LogP contribution < -0.4 is 5.73 Å². The van der Waals surface area contributed by atoms with Crippen molar-refractivity contribution in [1.82, 2.24) is 4.98 Å². The van der Waals surface area contributed by atoms with Crippen LogP contribution in [0.1, 0.15) is 48.3 Å². The smallest absolute Gasteiger partial charge is 0.0737 e. The Kier molecular flexibility index (Phi) is 3.33. The fraction of sp³-hybridized carbons (Fsp3) is 0.667. The van der Waals surface area contributed by atoms with E-state index in [4.69, 9.17) is 10.5 Å². The van der Waals surface area contributed by atoms with Gasteiger partial charge in [-0.15, -0.1) is 0 Å². The van der Waals surface area contributed by atoms with Crippen molar-refractivity contribution in [3.05, 3.63) is 22.5 Å². The molecule has 0 saturated heterocycles. The van der Waals surface area contributed by atoms with E-state index in [0.29, 0.717) is 12.5 Å². The molecule has 1 atom stereocenters. The Labute approximate surface area is 95.8 Å². The number of nitrogens with one attached hydrogen (secondary N) is 1. The van der Waals surface area contributed by atoms with Gasteiger partial charge in [-0.3, -0.25) is 0 Å². The maximum absolute atomic E-state index is 9.23. The second-order valence-corrected chi connectivity index (χ2v) is 4.66. The average Bonchev–Trinajstić information content (AvgIpc) is 2.67. The zero-order chi connectivity index (χ0) is 11.7. The number of hydrogen-bond donors (Lipinski definition) is 3. The zero-order valence-electron chi connectivity index (χ0n) is 9.92. The van der Waals surface area contributed by atoms with Gasteiger partial charge >= 0.3 is 0 Å². The third-order valence-electron chi connectivity index (χ3n) is 3.15. The molecule has 0 spiro atoms. The molecule has 0 aliphatic carbocycles. The first kappa shape index (κ1) is 11.6. The van der Waals surface area contributed by atoms with Gasteiger partial charge < -0.3 is 20.6 Å². The maximum Gasteiger partial charge on any atom is 0.0737 e. The molecule has 90 valence electrons. The van der Waals surface area contributed by atoms with Crippen LogP contribution in [0, 0.1) is 0 Å². The number of ether oxygens (including phenoxy) is 1. The molecule has 4 heteroatoms. The minimum atomic E-state index is -0.306. The molecule has 2 rings (SSSR count). The Morgan fingerprint density at radius 1 is 1.50 bits per heavy atom. The topological polar surface area (TPSA) is 71.3 Å². The fourth-order valence-electron chi connectivity index (χ4n) is 2.33. The predicted octanol–water partition coefficient (Wildman–Crippen LogP) is 1.20. The molecular weight excluding hydrogens is 204 g/mol. The van der Waals surface area contributed by atoms with Crippen LogP contribution in [0.4, 0.5) is 0 Å². The Morgan fingerprint density at radius 2 is 2.25 bits per heavy atom. The van der Waals surface area contributed by atoms with Crippen LogP contribution in [0.25, 0.3) is 0 Å². The number of H-pyrrole nitrogens is 1. The second kappa shape index (κ2) is 4.57. The van der Waals surface area contributed by atoms with Crippen LogP contribution in [-0.4, -0.2) is 23.3 Å². The van der Waals surface area contributed by atoms with Gasteiger partial charge in [-0.1, -0.05) is 13.8 Å². The quantitative estimate of drug-likeness (QED) is 0.722. The lowest BCUT2D eigenvalue weighted by Crippen LogP contribution is -2.19. The van der Waals surface area contributed by atoms with Gasteiger partial charge in [-0.05, 0) is 11.5 Å². The van der Waals surface area contributed by atoms with E-state index < -0.39 is 0 Å². The Bertz CT molecular complexity index is 371. The lowest BCUT2D eigenvalue weighted by molar-refractivity contribution is 0.109. The molecule has 0 saturated carbocycles. The zero-order valence-corrected chi connectivity index (χ0v) is 9.92. The van der Waals surface area contributed by atoms with Crippen molar-refractivity contribution in [3.8, 4) is 0 Å². The standard InChI is InChI=1S/C12H20N2O2/c1-7(2)12-11(9(13)5-15)8-6-16-4-3-10(8)14-12/h7,9,14-15H,3-6,13H2,1-2H3. The van der Waals surface area contributed by atoms with E-state index in [-0.39, 0.29) is 12.6 Å².